The third kappa shape index (κ3) is 3.73. The number of carbonyl (C=O) groups excluding carboxylic acids is 1. The molecule has 7 heteroatoms. The van der Waals surface area contributed by atoms with E-state index in [0.29, 0.717) is 5.82 Å². The van der Waals surface area contributed by atoms with Crippen LogP contribution in [0.15, 0.2) is 61.6 Å². The van der Waals surface area contributed by atoms with Crippen molar-refractivity contribution in [2.45, 2.75) is 26.3 Å². The van der Waals surface area contributed by atoms with Crippen molar-refractivity contribution in [2.24, 2.45) is 0 Å². The lowest BCUT2D eigenvalue weighted by Crippen LogP contribution is -2.13. The van der Waals surface area contributed by atoms with Crippen molar-refractivity contribution in [1.29, 1.82) is 0 Å². The normalized spacial score (nSPS) is 14.0. The minimum Gasteiger partial charge on any atom is -0.383 e. The first-order valence-corrected chi connectivity index (χ1v) is 10.6. The van der Waals surface area contributed by atoms with E-state index in [9.17, 15) is 4.79 Å². The van der Waals surface area contributed by atoms with Crippen molar-refractivity contribution >= 4 is 39.2 Å². The number of amides is 1. The zero-order chi connectivity index (χ0) is 22.7. The maximum absolute atomic E-state index is 9.95. The van der Waals surface area contributed by atoms with Gasteiger partial charge in [0.25, 0.3) is 0 Å². The van der Waals surface area contributed by atoms with Crippen LogP contribution in [-0.2, 0) is 11.3 Å². The fourth-order valence-corrected chi connectivity index (χ4v) is 4.16. The summed E-state index contributed by atoms with van der Waals surface area (Å²) in [5, 5.41) is 4.41. The Bertz CT molecular complexity index is 1350. The molecule has 3 N–H and O–H groups in total. The van der Waals surface area contributed by atoms with Gasteiger partial charge in [-0.2, -0.15) is 0 Å². The summed E-state index contributed by atoms with van der Waals surface area (Å²) >= 11 is 0. The number of nitrogens with zero attached hydrogens (tertiary/aromatic N) is 4. The van der Waals surface area contributed by atoms with Gasteiger partial charge in [-0.3, -0.25) is 9.78 Å². The van der Waals surface area contributed by atoms with Gasteiger partial charge in [0.1, 0.15) is 17.8 Å². The number of para-hydroxylation sites is 1. The van der Waals surface area contributed by atoms with E-state index in [4.69, 9.17) is 5.73 Å². The minimum atomic E-state index is -0.144. The molecule has 0 spiro atoms. The predicted molar refractivity (Wildman–Crippen MR) is 130 cm³/mol. The van der Waals surface area contributed by atoms with Gasteiger partial charge < -0.3 is 15.6 Å². The molecule has 1 aliphatic rings. The van der Waals surface area contributed by atoms with E-state index in [1.807, 2.05) is 24.4 Å². The lowest BCUT2D eigenvalue weighted by atomic mass is 9.95. The summed E-state index contributed by atoms with van der Waals surface area (Å²) in [6.45, 7) is 6.26. The number of fused-ring (bicyclic) bond motifs is 4. The second-order valence-corrected chi connectivity index (χ2v) is 7.49. The number of nitrogens with two attached hydrogens (primary N) is 1. The van der Waals surface area contributed by atoms with E-state index in [-0.39, 0.29) is 5.91 Å². The molecule has 0 aliphatic carbocycles. The molecule has 0 atom stereocenters. The van der Waals surface area contributed by atoms with Gasteiger partial charge in [-0.25, -0.2) is 9.97 Å². The number of pyridine rings is 1. The van der Waals surface area contributed by atoms with Crippen molar-refractivity contribution in [2.75, 3.05) is 12.8 Å². The first kappa shape index (κ1) is 21.2. The van der Waals surface area contributed by atoms with Gasteiger partial charge in [0.2, 0.25) is 5.91 Å². The summed E-state index contributed by atoms with van der Waals surface area (Å²) in [7, 11) is 1.56. The highest BCUT2D eigenvalue weighted by molar-refractivity contribution is 6.06. The topological polar surface area (TPSA) is 98.7 Å². The number of hydrogen-bond donors (Lipinski definition) is 2. The highest BCUT2D eigenvalue weighted by atomic mass is 16.1. The molecule has 0 fully saturated rings. The fraction of sp³-hybridized carbons (Fsp3) is 0.200. The second kappa shape index (κ2) is 9.01. The van der Waals surface area contributed by atoms with Gasteiger partial charge in [0.05, 0.1) is 16.6 Å². The smallest absolute Gasteiger partial charge is 0.243 e. The molecule has 1 aliphatic heterocycles. The Morgan fingerprint density at radius 1 is 1.25 bits per heavy atom. The summed E-state index contributed by atoms with van der Waals surface area (Å²) in [6.07, 6.45) is 9.08. The number of anilines is 1. The van der Waals surface area contributed by atoms with Crippen LogP contribution >= 0.6 is 0 Å². The first-order valence-electron chi connectivity index (χ1n) is 10.6. The van der Waals surface area contributed by atoms with Gasteiger partial charge >= 0.3 is 0 Å². The number of likely N-dealkylation sites (N-methyl/N-ethyl adjacent to an activating group) is 1. The number of rotatable bonds is 2. The Kier molecular flexibility index (Phi) is 5.98. The molecule has 162 valence electrons. The molecule has 4 aromatic rings. The van der Waals surface area contributed by atoms with Crippen LogP contribution in [0.1, 0.15) is 25.5 Å². The minimum absolute atomic E-state index is 0.144. The van der Waals surface area contributed by atoms with Crippen molar-refractivity contribution in [3.05, 3.63) is 67.3 Å². The van der Waals surface area contributed by atoms with E-state index >= 15 is 0 Å². The van der Waals surface area contributed by atoms with Gasteiger partial charge in [-0.15, -0.1) is 0 Å². The standard InChI is InChI=1S/C21H19N5.C4H7NO/c1-2-13-7-5-9-26-19(13)17(18-20(22)24-12-25-21(18)26)15-10-14-6-3-4-8-16(14)23-11-15;1-3-4(6)5-2/h2-4,6,8,10-12H,5,7,9H2,1H3,(H2,22,24,25);3H,1H2,2H3,(H,5,6)/b13-2+;. The number of nitrogen functional groups attached to an aromatic ring is 1. The number of aryl methyl sites for hydroxylation is 1. The first-order chi connectivity index (χ1) is 15.6. The van der Waals surface area contributed by atoms with Crippen molar-refractivity contribution in [3.8, 4) is 11.1 Å². The quantitative estimate of drug-likeness (QED) is 0.465. The van der Waals surface area contributed by atoms with E-state index in [1.165, 1.54) is 17.3 Å². The third-order valence-electron chi connectivity index (χ3n) is 5.66. The number of allylic oxidation sites excluding steroid dienone is 2. The number of nitrogens with one attached hydrogen (secondary N) is 1. The molecule has 1 amide bonds. The average molecular weight is 427 g/mol. The van der Waals surface area contributed by atoms with Gasteiger partial charge in [-0.05, 0) is 43.5 Å². The molecule has 0 bridgehead atoms. The van der Waals surface area contributed by atoms with Gasteiger partial charge in [0.15, 0.2) is 0 Å². The molecule has 5 rings (SSSR count). The fourth-order valence-electron chi connectivity index (χ4n) is 4.16. The summed E-state index contributed by atoms with van der Waals surface area (Å²) in [5.41, 5.74) is 12.9. The number of aromatic nitrogens is 4. The molecule has 0 saturated heterocycles. The zero-order valence-corrected chi connectivity index (χ0v) is 18.3. The van der Waals surface area contributed by atoms with Crippen LogP contribution in [-0.4, -0.2) is 32.5 Å². The Morgan fingerprint density at radius 2 is 2.06 bits per heavy atom. The summed E-state index contributed by atoms with van der Waals surface area (Å²) in [4.78, 5) is 23.4. The molecule has 3 aromatic heterocycles. The van der Waals surface area contributed by atoms with E-state index in [0.717, 1.165) is 52.4 Å². The molecular weight excluding hydrogens is 400 g/mol. The lowest BCUT2D eigenvalue weighted by Gasteiger charge is -2.20. The maximum atomic E-state index is 9.95. The number of hydrogen-bond acceptors (Lipinski definition) is 5. The molecule has 0 saturated carbocycles. The predicted octanol–water partition coefficient (Wildman–Crippen LogP) is 4.34. The molecule has 1 aromatic carbocycles. The summed E-state index contributed by atoms with van der Waals surface area (Å²) in [5.74, 6) is 0.380. The molecule has 0 unspecified atom stereocenters. The average Bonchev–Trinajstić information content (AvgIpc) is 3.19. The van der Waals surface area contributed by atoms with E-state index < -0.39 is 0 Å². The Hall–Kier alpha value is -4.00. The van der Waals surface area contributed by atoms with Crippen molar-refractivity contribution in [3.63, 3.8) is 0 Å². The van der Waals surface area contributed by atoms with Crippen LogP contribution < -0.4 is 11.1 Å². The zero-order valence-electron chi connectivity index (χ0n) is 18.3. The maximum Gasteiger partial charge on any atom is 0.243 e. The molecule has 7 nitrogen and oxygen atoms in total. The second-order valence-electron chi connectivity index (χ2n) is 7.49. The Labute approximate surface area is 186 Å². The molecular formula is C25H26N6O. The Morgan fingerprint density at radius 3 is 2.78 bits per heavy atom. The van der Waals surface area contributed by atoms with Crippen LogP contribution in [0.4, 0.5) is 5.82 Å². The summed E-state index contributed by atoms with van der Waals surface area (Å²) < 4.78 is 2.29. The SMILES string of the molecule is C/C=C1\CCCn2c1c(-c1cnc3ccccc3c1)c1c(N)ncnc12.C=CC(=O)NC. The van der Waals surface area contributed by atoms with Crippen molar-refractivity contribution in [1.82, 2.24) is 24.8 Å². The van der Waals surface area contributed by atoms with Gasteiger partial charge in [-0.1, -0.05) is 30.9 Å². The highest BCUT2D eigenvalue weighted by Gasteiger charge is 2.26. The molecule has 4 heterocycles. The lowest BCUT2D eigenvalue weighted by molar-refractivity contribution is -0.116. The largest absolute Gasteiger partial charge is 0.383 e. The van der Waals surface area contributed by atoms with Crippen LogP contribution in [0.2, 0.25) is 0 Å². The Balaban J connectivity index is 0.000000363. The molecule has 32 heavy (non-hydrogen) atoms. The number of carbonyl (C=O) groups is 1. The van der Waals surface area contributed by atoms with E-state index in [2.05, 4.69) is 56.5 Å². The monoisotopic (exact) mass is 426 g/mol. The van der Waals surface area contributed by atoms with Crippen LogP contribution in [0.25, 0.3) is 38.6 Å². The highest BCUT2D eigenvalue weighted by Crippen LogP contribution is 2.43. The van der Waals surface area contributed by atoms with E-state index in [1.54, 1.807) is 13.4 Å². The van der Waals surface area contributed by atoms with Crippen LogP contribution in [0, 0.1) is 0 Å². The molecule has 0 radical (unpaired) electrons. The van der Waals surface area contributed by atoms with Crippen molar-refractivity contribution < 1.29 is 4.79 Å². The number of benzene rings is 1. The van der Waals surface area contributed by atoms with Crippen LogP contribution in [0.5, 0.6) is 0 Å². The summed E-state index contributed by atoms with van der Waals surface area (Å²) in [6, 6.07) is 10.4. The third-order valence-corrected chi connectivity index (χ3v) is 5.66. The van der Waals surface area contributed by atoms with Crippen LogP contribution in [0.3, 0.4) is 0 Å². The van der Waals surface area contributed by atoms with Gasteiger partial charge in [0, 0.05) is 36.3 Å².